The summed E-state index contributed by atoms with van der Waals surface area (Å²) in [6, 6.07) is 4.15. The Kier molecular flexibility index (Phi) is 4.37. The number of thiocarbonyl (C=S) groups is 1. The van der Waals surface area contributed by atoms with Crippen LogP contribution in [-0.4, -0.2) is 28.4 Å². The predicted octanol–water partition coefficient (Wildman–Crippen LogP) is 2.76. The Morgan fingerprint density at radius 1 is 1.53 bits per heavy atom. The summed E-state index contributed by atoms with van der Waals surface area (Å²) in [4.78, 5) is 14.3. The fourth-order valence-electron chi connectivity index (χ4n) is 1.88. The Morgan fingerprint density at radius 3 is 2.79 bits per heavy atom. The molecule has 0 saturated heterocycles. The molecule has 19 heavy (non-hydrogen) atoms. The first kappa shape index (κ1) is 14.2. The van der Waals surface area contributed by atoms with Crippen LogP contribution in [0.25, 0.3) is 0 Å². The number of hydrogen-bond donors (Lipinski definition) is 1. The Labute approximate surface area is 121 Å². The maximum absolute atomic E-state index is 13.7. The van der Waals surface area contributed by atoms with Gasteiger partial charge in [0, 0.05) is 24.0 Å². The first-order valence-electron chi connectivity index (χ1n) is 6.03. The van der Waals surface area contributed by atoms with Crippen LogP contribution in [0.15, 0.2) is 18.2 Å². The van der Waals surface area contributed by atoms with Crippen LogP contribution in [0, 0.1) is 5.82 Å². The molecule has 1 saturated carbocycles. The highest BCUT2D eigenvalue weighted by Gasteiger charge is 2.33. The van der Waals surface area contributed by atoms with Gasteiger partial charge in [0.25, 0.3) is 5.91 Å². The second kappa shape index (κ2) is 5.84. The number of carbonyl (C=O) groups excluding carboxylic acids is 1. The van der Waals surface area contributed by atoms with Gasteiger partial charge in [-0.15, -0.1) is 0 Å². The molecule has 0 radical (unpaired) electrons. The molecule has 1 fully saturated rings. The van der Waals surface area contributed by atoms with Crippen molar-refractivity contribution in [3.8, 4) is 0 Å². The van der Waals surface area contributed by atoms with Crippen LogP contribution in [0.5, 0.6) is 0 Å². The van der Waals surface area contributed by atoms with E-state index >= 15 is 0 Å². The Morgan fingerprint density at radius 2 is 2.21 bits per heavy atom. The second-order valence-corrected chi connectivity index (χ2v) is 5.53. The van der Waals surface area contributed by atoms with Gasteiger partial charge in [-0.25, -0.2) is 4.39 Å². The standard InChI is InChI=1S/C13H14ClFN2OS/c14-8-1-4-11(15)10(7-8)13(18)17(9-2-3-9)6-5-12(16)19/h1,4,7,9H,2-3,5-6H2,(H2,16,19). The molecule has 6 heteroatoms. The maximum atomic E-state index is 13.7. The zero-order valence-corrected chi connectivity index (χ0v) is 11.8. The summed E-state index contributed by atoms with van der Waals surface area (Å²) in [6.07, 6.45) is 2.32. The Bertz CT molecular complexity index is 519. The smallest absolute Gasteiger partial charge is 0.257 e. The third kappa shape index (κ3) is 3.64. The van der Waals surface area contributed by atoms with E-state index in [-0.39, 0.29) is 17.5 Å². The predicted molar refractivity (Wildman–Crippen MR) is 76.9 cm³/mol. The lowest BCUT2D eigenvalue weighted by Gasteiger charge is -2.22. The maximum Gasteiger partial charge on any atom is 0.257 e. The van der Waals surface area contributed by atoms with E-state index in [1.807, 2.05) is 0 Å². The zero-order chi connectivity index (χ0) is 14.0. The Hall–Kier alpha value is -1.20. The number of halogens is 2. The normalized spacial score (nSPS) is 14.2. The largest absolute Gasteiger partial charge is 0.393 e. The van der Waals surface area contributed by atoms with Crippen molar-refractivity contribution in [2.45, 2.75) is 25.3 Å². The van der Waals surface area contributed by atoms with Gasteiger partial charge in [0.05, 0.1) is 10.6 Å². The quantitative estimate of drug-likeness (QED) is 0.851. The molecule has 1 aliphatic rings. The summed E-state index contributed by atoms with van der Waals surface area (Å²) in [6.45, 7) is 0.421. The van der Waals surface area contributed by atoms with Crippen molar-refractivity contribution in [1.29, 1.82) is 0 Å². The molecule has 1 aromatic carbocycles. The third-order valence-electron chi connectivity index (χ3n) is 3.01. The highest BCUT2D eigenvalue weighted by atomic mass is 35.5. The number of nitrogens with zero attached hydrogens (tertiary/aromatic N) is 1. The van der Waals surface area contributed by atoms with Crippen molar-refractivity contribution in [3.63, 3.8) is 0 Å². The van der Waals surface area contributed by atoms with Crippen LogP contribution in [0.3, 0.4) is 0 Å². The van der Waals surface area contributed by atoms with Crippen molar-refractivity contribution >= 4 is 34.7 Å². The van der Waals surface area contributed by atoms with Gasteiger partial charge in [0.2, 0.25) is 0 Å². The molecule has 3 nitrogen and oxygen atoms in total. The molecule has 0 bridgehead atoms. The molecule has 1 amide bonds. The minimum Gasteiger partial charge on any atom is -0.393 e. The van der Waals surface area contributed by atoms with Gasteiger partial charge in [-0.1, -0.05) is 23.8 Å². The van der Waals surface area contributed by atoms with E-state index in [9.17, 15) is 9.18 Å². The highest BCUT2D eigenvalue weighted by Crippen LogP contribution is 2.29. The fraction of sp³-hybridized carbons (Fsp3) is 0.385. The zero-order valence-electron chi connectivity index (χ0n) is 10.2. The first-order chi connectivity index (χ1) is 8.99. The lowest BCUT2D eigenvalue weighted by molar-refractivity contribution is 0.0743. The van der Waals surface area contributed by atoms with Gasteiger partial charge in [-0.2, -0.15) is 0 Å². The van der Waals surface area contributed by atoms with E-state index in [2.05, 4.69) is 0 Å². The summed E-state index contributed by atoms with van der Waals surface area (Å²) >= 11 is 10.6. The second-order valence-electron chi connectivity index (χ2n) is 4.57. The lowest BCUT2D eigenvalue weighted by atomic mass is 10.1. The molecule has 102 valence electrons. The van der Waals surface area contributed by atoms with Crippen molar-refractivity contribution in [2.24, 2.45) is 5.73 Å². The molecular formula is C13H14ClFN2OS. The molecule has 0 aliphatic heterocycles. The average molecular weight is 301 g/mol. The van der Waals surface area contributed by atoms with Gasteiger partial charge >= 0.3 is 0 Å². The highest BCUT2D eigenvalue weighted by molar-refractivity contribution is 7.80. The molecule has 0 atom stereocenters. The number of amides is 1. The van der Waals surface area contributed by atoms with Gasteiger partial charge in [0.15, 0.2) is 0 Å². The summed E-state index contributed by atoms with van der Waals surface area (Å²) in [7, 11) is 0. The van der Waals surface area contributed by atoms with E-state index in [4.69, 9.17) is 29.6 Å². The molecule has 0 unspecified atom stereocenters. The van der Waals surface area contributed by atoms with Crippen molar-refractivity contribution < 1.29 is 9.18 Å². The fourth-order valence-corrected chi connectivity index (χ4v) is 2.15. The SMILES string of the molecule is NC(=S)CCN(C(=O)c1cc(Cl)ccc1F)C1CC1. The third-order valence-corrected chi connectivity index (χ3v) is 3.45. The van der Waals surface area contributed by atoms with Crippen molar-refractivity contribution in [1.82, 2.24) is 4.90 Å². The van der Waals surface area contributed by atoms with Crippen LogP contribution < -0.4 is 5.73 Å². The lowest BCUT2D eigenvalue weighted by Crippen LogP contribution is -2.36. The van der Waals surface area contributed by atoms with Crippen LogP contribution in [-0.2, 0) is 0 Å². The molecule has 0 aromatic heterocycles. The summed E-state index contributed by atoms with van der Waals surface area (Å²) in [5, 5.41) is 0.342. The van der Waals surface area contributed by atoms with Crippen LogP contribution in [0.1, 0.15) is 29.6 Å². The number of rotatable bonds is 5. The van der Waals surface area contributed by atoms with Crippen molar-refractivity contribution in [2.75, 3.05) is 6.54 Å². The minimum atomic E-state index is -0.560. The molecule has 0 spiro atoms. The average Bonchev–Trinajstić information content (AvgIpc) is 3.16. The summed E-state index contributed by atoms with van der Waals surface area (Å²) < 4.78 is 13.7. The molecule has 0 heterocycles. The molecule has 1 aromatic rings. The van der Waals surface area contributed by atoms with Crippen LogP contribution >= 0.6 is 23.8 Å². The van der Waals surface area contributed by atoms with Crippen LogP contribution in [0.2, 0.25) is 5.02 Å². The van der Waals surface area contributed by atoms with Gasteiger partial charge < -0.3 is 10.6 Å². The van der Waals surface area contributed by atoms with E-state index in [0.29, 0.717) is 23.0 Å². The summed E-state index contributed by atoms with van der Waals surface area (Å²) in [5.74, 6) is -0.908. The first-order valence-corrected chi connectivity index (χ1v) is 6.82. The number of benzene rings is 1. The van der Waals surface area contributed by atoms with Gasteiger partial charge in [0.1, 0.15) is 5.82 Å². The van der Waals surface area contributed by atoms with Crippen LogP contribution in [0.4, 0.5) is 4.39 Å². The van der Waals surface area contributed by atoms with Gasteiger partial charge in [-0.05, 0) is 31.0 Å². The van der Waals surface area contributed by atoms with E-state index in [1.54, 1.807) is 4.90 Å². The van der Waals surface area contributed by atoms with E-state index in [0.717, 1.165) is 12.8 Å². The Balaban J connectivity index is 2.18. The molecule has 1 aliphatic carbocycles. The molecule has 2 N–H and O–H groups in total. The topological polar surface area (TPSA) is 46.3 Å². The van der Waals surface area contributed by atoms with Gasteiger partial charge in [-0.3, -0.25) is 4.79 Å². The van der Waals surface area contributed by atoms with Crippen molar-refractivity contribution in [3.05, 3.63) is 34.6 Å². The number of hydrogen-bond acceptors (Lipinski definition) is 2. The monoisotopic (exact) mass is 300 g/mol. The van der Waals surface area contributed by atoms with E-state index < -0.39 is 5.82 Å². The molecular weight excluding hydrogens is 287 g/mol. The number of nitrogens with two attached hydrogens (primary N) is 1. The summed E-state index contributed by atoms with van der Waals surface area (Å²) in [5.41, 5.74) is 5.45. The molecule has 2 rings (SSSR count). The number of carbonyl (C=O) groups is 1. The minimum absolute atomic E-state index is 0.00217. The van der Waals surface area contributed by atoms with E-state index in [1.165, 1.54) is 18.2 Å².